The maximum Gasteiger partial charge on any atom is 0.331 e. The van der Waals surface area contributed by atoms with Crippen LogP contribution in [0.4, 0.5) is 4.79 Å². The minimum absolute atomic E-state index is 0.331. The lowest BCUT2D eigenvalue weighted by Gasteiger charge is -2.39. The molecule has 2 heterocycles. The van der Waals surface area contributed by atoms with Crippen molar-refractivity contribution in [2.45, 2.75) is 38.6 Å². The van der Waals surface area contributed by atoms with Crippen LogP contribution in [0.2, 0.25) is 0 Å². The molecule has 106 valence electrons. The van der Waals surface area contributed by atoms with E-state index in [4.69, 9.17) is 0 Å². The molecule has 1 atom stereocenters. The molecule has 1 saturated carbocycles. The molecule has 2 aliphatic rings. The topological polar surface area (TPSA) is 66.5 Å². The van der Waals surface area contributed by atoms with Crippen LogP contribution in [0.25, 0.3) is 0 Å². The SMILES string of the molecule is CC(c1ccsc1)N1C(=O)NC(=O)C2(CCCC2)C1=O. The lowest BCUT2D eigenvalue weighted by atomic mass is 9.81. The van der Waals surface area contributed by atoms with Gasteiger partial charge < -0.3 is 0 Å². The van der Waals surface area contributed by atoms with Gasteiger partial charge in [-0.2, -0.15) is 11.3 Å². The third-order valence-corrected chi connectivity index (χ3v) is 5.07. The quantitative estimate of drug-likeness (QED) is 0.851. The predicted molar refractivity (Wildman–Crippen MR) is 74.0 cm³/mol. The summed E-state index contributed by atoms with van der Waals surface area (Å²) in [6.45, 7) is 1.82. The molecule has 0 bridgehead atoms. The van der Waals surface area contributed by atoms with Crippen LogP contribution in [-0.4, -0.2) is 22.7 Å². The Labute approximate surface area is 121 Å². The maximum absolute atomic E-state index is 12.8. The number of nitrogens with zero attached hydrogens (tertiary/aromatic N) is 1. The van der Waals surface area contributed by atoms with Crippen LogP contribution in [-0.2, 0) is 9.59 Å². The Balaban J connectivity index is 1.96. The van der Waals surface area contributed by atoms with Crippen molar-refractivity contribution in [1.82, 2.24) is 10.2 Å². The molecule has 1 aromatic rings. The normalized spacial score (nSPS) is 23.2. The van der Waals surface area contributed by atoms with Crippen LogP contribution >= 0.6 is 11.3 Å². The fourth-order valence-electron chi connectivity index (χ4n) is 3.13. The molecule has 1 aromatic heterocycles. The highest BCUT2D eigenvalue weighted by Crippen LogP contribution is 2.43. The molecule has 1 aliphatic heterocycles. The zero-order chi connectivity index (χ0) is 14.3. The summed E-state index contributed by atoms with van der Waals surface area (Å²) in [7, 11) is 0. The number of thiophene rings is 1. The number of hydrogen-bond donors (Lipinski definition) is 1. The van der Waals surface area contributed by atoms with Gasteiger partial charge in [-0.3, -0.25) is 19.8 Å². The number of nitrogens with one attached hydrogen (secondary N) is 1. The molecular weight excluding hydrogens is 276 g/mol. The van der Waals surface area contributed by atoms with E-state index in [1.807, 2.05) is 23.8 Å². The van der Waals surface area contributed by atoms with Crippen LogP contribution < -0.4 is 5.32 Å². The molecular formula is C14H16N2O3S. The van der Waals surface area contributed by atoms with Crippen molar-refractivity contribution in [3.8, 4) is 0 Å². The number of carbonyl (C=O) groups is 3. The van der Waals surface area contributed by atoms with Crippen LogP contribution in [0.5, 0.6) is 0 Å². The Morgan fingerprint density at radius 2 is 2.00 bits per heavy atom. The number of carbonyl (C=O) groups excluding carboxylic acids is 3. The van der Waals surface area contributed by atoms with Crippen molar-refractivity contribution >= 4 is 29.2 Å². The van der Waals surface area contributed by atoms with Crippen molar-refractivity contribution in [2.75, 3.05) is 0 Å². The number of barbiturate groups is 1. The lowest BCUT2D eigenvalue weighted by molar-refractivity contribution is -0.152. The molecule has 6 heteroatoms. The molecule has 5 nitrogen and oxygen atoms in total. The van der Waals surface area contributed by atoms with Crippen LogP contribution in [0.3, 0.4) is 0 Å². The summed E-state index contributed by atoms with van der Waals surface area (Å²) in [5.41, 5.74) is -0.0981. The summed E-state index contributed by atoms with van der Waals surface area (Å²) in [6.07, 6.45) is 2.79. The molecule has 1 aliphatic carbocycles. The van der Waals surface area contributed by atoms with E-state index in [0.29, 0.717) is 12.8 Å². The molecule has 3 rings (SSSR count). The summed E-state index contributed by atoms with van der Waals surface area (Å²) in [5.74, 6) is -0.749. The van der Waals surface area contributed by atoms with E-state index in [-0.39, 0.29) is 11.9 Å². The second-order valence-corrected chi connectivity index (χ2v) is 6.24. The third kappa shape index (κ3) is 1.78. The van der Waals surface area contributed by atoms with Gasteiger partial charge in [-0.1, -0.05) is 12.8 Å². The van der Waals surface area contributed by atoms with Crippen LogP contribution in [0, 0.1) is 5.41 Å². The zero-order valence-electron chi connectivity index (χ0n) is 11.2. The van der Waals surface area contributed by atoms with E-state index in [1.165, 1.54) is 16.2 Å². The molecule has 2 fully saturated rings. The van der Waals surface area contributed by atoms with Crippen LogP contribution in [0.1, 0.15) is 44.2 Å². The summed E-state index contributed by atoms with van der Waals surface area (Å²) >= 11 is 1.52. The third-order valence-electron chi connectivity index (χ3n) is 4.37. The smallest absolute Gasteiger partial charge is 0.277 e. The minimum atomic E-state index is -1.02. The summed E-state index contributed by atoms with van der Waals surface area (Å²) in [6, 6.07) is 0.948. The predicted octanol–water partition coefficient (Wildman–Crippen LogP) is 2.45. The van der Waals surface area contributed by atoms with Gasteiger partial charge in [-0.15, -0.1) is 0 Å². The highest BCUT2D eigenvalue weighted by Gasteiger charge is 2.55. The van der Waals surface area contributed by atoms with E-state index in [9.17, 15) is 14.4 Å². The molecule has 1 spiro atoms. The molecule has 1 N–H and O–H groups in total. The Bertz CT molecular complexity index is 561. The second kappa shape index (κ2) is 4.70. The molecule has 4 amide bonds. The van der Waals surface area contributed by atoms with Crippen LogP contribution in [0.15, 0.2) is 16.8 Å². The zero-order valence-corrected chi connectivity index (χ0v) is 12.0. The van der Waals surface area contributed by atoms with E-state index in [1.54, 1.807) is 0 Å². The molecule has 0 aromatic carbocycles. The number of imide groups is 2. The first kappa shape index (κ1) is 13.3. The number of rotatable bonds is 2. The Hall–Kier alpha value is -1.69. The molecule has 20 heavy (non-hydrogen) atoms. The van der Waals surface area contributed by atoms with Gasteiger partial charge in [-0.25, -0.2) is 4.79 Å². The highest BCUT2D eigenvalue weighted by molar-refractivity contribution is 7.08. The van der Waals surface area contributed by atoms with Crippen molar-refractivity contribution in [3.05, 3.63) is 22.4 Å². The summed E-state index contributed by atoms with van der Waals surface area (Å²) < 4.78 is 0. The van der Waals surface area contributed by atoms with Crippen molar-refractivity contribution in [2.24, 2.45) is 5.41 Å². The van der Waals surface area contributed by atoms with E-state index < -0.39 is 17.4 Å². The first-order valence-corrected chi connectivity index (χ1v) is 7.72. The van der Waals surface area contributed by atoms with Gasteiger partial charge in [0, 0.05) is 0 Å². The van der Waals surface area contributed by atoms with E-state index >= 15 is 0 Å². The first-order valence-electron chi connectivity index (χ1n) is 6.77. The Kier molecular flexibility index (Phi) is 3.12. The van der Waals surface area contributed by atoms with Gasteiger partial charge in [0.25, 0.3) is 0 Å². The Morgan fingerprint density at radius 1 is 1.30 bits per heavy atom. The van der Waals surface area contributed by atoms with Gasteiger partial charge in [0.2, 0.25) is 11.8 Å². The summed E-state index contributed by atoms with van der Waals surface area (Å²) in [4.78, 5) is 38.2. The van der Waals surface area contributed by atoms with Crippen molar-refractivity contribution in [1.29, 1.82) is 0 Å². The van der Waals surface area contributed by atoms with Gasteiger partial charge in [0.15, 0.2) is 0 Å². The number of amides is 4. The fraction of sp³-hybridized carbons (Fsp3) is 0.500. The van der Waals surface area contributed by atoms with Gasteiger partial charge in [0.05, 0.1) is 6.04 Å². The van der Waals surface area contributed by atoms with Crippen molar-refractivity contribution < 1.29 is 14.4 Å². The van der Waals surface area contributed by atoms with Gasteiger partial charge in [-0.05, 0) is 42.2 Å². The van der Waals surface area contributed by atoms with E-state index in [0.717, 1.165) is 18.4 Å². The maximum atomic E-state index is 12.8. The standard InChI is InChI=1S/C14H16N2O3S/c1-9(10-4-7-20-8-10)16-12(18)14(5-2-3-6-14)11(17)15-13(16)19/h4,7-9H,2-3,5-6H2,1H3,(H,15,17,19). The lowest BCUT2D eigenvalue weighted by Crippen LogP contribution is -2.63. The number of hydrogen-bond acceptors (Lipinski definition) is 4. The average Bonchev–Trinajstić information content (AvgIpc) is 3.09. The largest absolute Gasteiger partial charge is 0.331 e. The molecule has 1 saturated heterocycles. The summed E-state index contributed by atoms with van der Waals surface area (Å²) in [5, 5.41) is 6.20. The van der Waals surface area contributed by atoms with Gasteiger partial charge in [0.1, 0.15) is 5.41 Å². The fourth-order valence-corrected chi connectivity index (χ4v) is 3.88. The van der Waals surface area contributed by atoms with Crippen molar-refractivity contribution in [3.63, 3.8) is 0 Å². The van der Waals surface area contributed by atoms with Gasteiger partial charge >= 0.3 is 6.03 Å². The highest BCUT2D eigenvalue weighted by atomic mass is 32.1. The first-order chi connectivity index (χ1) is 9.56. The van der Waals surface area contributed by atoms with E-state index in [2.05, 4.69) is 5.32 Å². The molecule has 0 radical (unpaired) electrons. The molecule has 1 unspecified atom stereocenters. The monoisotopic (exact) mass is 292 g/mol. The average molecular weight is 292 g/mol. The number of urea groups is 1. The second-order valence-electron chi connectivity index (χ2n) is 5.46. The Morgan fingerprint density at radius 3 is 2.60 bits per heavy atom. The minimum Gasteiger partial charge on any atom is -0.277 e.